The number of hydrogen-bond acceptors (Lipinski definition) is 3. The number of nitrogens with zero attached hydrogens (tertiary/aromatic N) is 1. The van der Waals surface area contributed by atoms with Crippen LogP contribution < -0.4 is 5.43 Å². The van der Waals surface area contributed by atoms with Crippen LogP contribution in [0.4, 0.5) is 8.78 Å². The maximum atomic E-state index is 14.2. The molecule has 1 aliphatic heterocycles. The van der Waals surface area contributed by atoms with Crippen molar-refractivity contribution in [2.24, 2.45) is 5.92 Å². The first-order valence-electron chi connectivity index (χ1n) is 9.58. The fourth-order valence-corrected chi connectivity index (χ4v) is 3.74. The van der Waals surface area contributed by atoms with E-state index in [0.29, 0.717) is 16.9 Å². The highest BCUT2D eigenvalue weighted by Crippen LogP contribution is 2.34. The Morgan fingerprint density at radius 1 is 1.14 bits per heavy atom. The number of rotatable bonds is 2. The number of para-hydroxylation sites is 1. The zero-order valence-electron chi connectivity index (χ0n) is 16.2. The fourth-order valence-electron chi connectivity index (χ4n) is 3.74. The van der Waals surface area contributed by atoms with Crippen LogP contribution in [-0.4, -0.2) is 29.8 Å². The van der Waals surface area contributed by atoms with E-state index in [2.05, 4.69) is 0 Å². The predicted octanol–water partition coefficient (Wildman–Crippen LogP) is 4.89. The van der Waals surface area contributed by atoms with Crippen molar-refractivity contribution in [2.45, 2.75) is 26.2 Å². The Balaban J connectivity index is 1.85. The number of alkyl halides is 2. The van der Waals surface area contributed by atoms with Gasteiger partial charge in [0.2, 0.25) is 0 Å². The van der Waals surface area contributed by atoms with Gasteiger partial charge in [-0.15, -0.1) is 0 Å². The van der Waals surface area contributed by atoms with Crippen LogP contribution in [0.3, 0.4) is 0 Å². The number of halogens is 2. The summed E-state index contributed by atoms with van der Waals surface area (Å²) in [4.78, 5) is 27.1. The van der Waals surface area contributed by atoms with E-state index < -0.39 is 24.3 Å². The molecule has 3 aromatic rings. The van der Waals surface area contributed by atoms with Crippen molar-refractivity contribution in [2.75, 3.05) is 13.1 Å². The second kappa shape index (κ2) is 7.10. The van der Waals surface area contributed by atoms with E-state index in [4.69, 9.17) is 4.42 Å². The lowest BCUT2D eigenvalue weighted by Gasteiger charge is -2.36. The molecule has 0 N–H and O–H groups in total. The van der Waals surface area contributed by atoms with Gasteiger partial charge in [0.15, 0.2) is 11.0 Å². The van der Waals surface area contributed by atoms with Gasteiger partial charge in [-0.1, -0.05) is 43.3 Å². The highest BCUT2D eigenvalue weighted by atomic mass is 19.3. The molecule has 0 spiro atoms. The Hall–Kier alpha value is -3.02. The fraction of sp³-hybridized carbons (Fsp3) is 0.304. The van der Waals surface area contributed by atoms with Crippen molar-refractivity contribution in [3.8, 4) is 11.3 Å². The van der Waals surface area contributed by atoms with Crippen LogP contribution in [0, 0.1) is 12.8 Å². The van der Waals surface area contributed by atoms with E-state index in [1.54, 1.807) is 19.1 Å². The van der Waals surface area contributed by atoms with Crippen LogP contribution >= 0.6 is 0 Å². The van der Waals surface area contributed by atoms with E-state index in [9.17, 15) is 18.4 Å². The first kappa shape index (κ1) is 19.3. The molecule has 1 atom stereocenters. The number of likely N-dealkylation sites (tertiary alicyclic amines) is 1. The summed E-state index contributed by atoms with van der Waals surface area (Å²) in [6.07, 6.45) is 0.224. The first-order chi connectivity index (χ1) is 13.8. The van der Waals surface area contributed by atoms with Gasteiger partial charge in [0.25, 0.3) is 11.8 Å². The number of carbonyl (C=O) groups is 1. The molecule has 1 aliphatic rings. The summed E-state index contributed by atoms with van der Waals surface area (Å²) in [5.74, 6) is -3.89. The summed E-state index contributed by atoms with van der Waals surface area (Å²) < 4.78 is 34.4. The quantitative estimate of drug-likeness (QED) is 0.619. The van der Waals surface area contributed by atoms with Crippen LogP contribution in [0.25, 0.3) is 22.3 Å². The van der Waals surface area contributed by atoms with Gasteiger partial charge in [-0.05, 0) is 25.5 Å². The molecule has 1 saturated heterocycles. The molecule has 2 heterocycles. The molecule has 1 fully saturated rings. The molecule has 0 aliphatic carbocycles. The third-order valence-corrected chi connectivity index (χ3v) is 5.65. The van der Waals surface area contributed by atoms with E-state index >= 15 is 0 Å². The van der Waals surface area contributed by atoms with Gasteiger partial charge in [-0.2, -0.15) is 0 Å². The maximum absolute atomic E-state index is 14.2. The smallest absolute Gasteiger partial charge is 0.267 e. The molecule has 4 rings (SSSR count). The summed E-state index contributed by atoms with van der Waals surface area (Å²) in [7, 11) is 0. The van der Waals surface area contributed by atoms with E-state index in [0.717, 1.165) is 4.90 Å². The molecule has 0 radical (unpaired) electrons. The summed E-state index contributed by atoms with van der Waals surface area (Å²) in [5, 5.41) is 0.269. The Bertz CT molecular complexity index is 1140. The topological polar surface area (TPSA) is 50.5 Å². The molecule has 4 nitrogen and oxygen atoms in total. The zero-order valence-corrected chi connectivity index (χ0v) is 16.2. The minimum absolute atomic E-state index is 0.127. The average molecular weight is 397 g/mol. The normalized spacial score (nSPS) is 18.8. The lowest BCUT2D eigenvalue weighted by atomic mass is 9.94. The van der Waals surface area contributed by atoms with Crippen LogP contribution in [0.15, 0.2) is 57.7 Å². The summed E-state index contributed by atoms with van der Waals surface area (Å²) in [5.41, 5.74) is 1.17. The Morgan fingerprint density at radius 2 is 1.86 bits per heavy atom. The minimum Gasteiger partial charge on any atom is -0.455 e. The number of benzene rings is 2. The number of carbonyl (C=O) groups excluding carboxylic acids is 1. The highest BCUT2D eigenvalue weighted by molar-refractivity contribution is 6.05. The Kier molecular flexibility index (Phi) is 4.73. The van der Waals surface area contributed by atoms with Gasteiger partial charge in [0, 0.05) is 23.6 Å². The van der Waals surface area contributed by atoms with E-state index in [-0.39, 0.29) is 34.9 Å². The number of hydrogen-bond donors (Lipinski definition) is 0. The molecule has 0 saturated carbocycles. The molecule has 29 heavy (non-hydrogen) atoms. The van der Waals surface area contributed by atoms with Crippen molar-refractivity contribution < 1.29 is 18.0 Å². The van der Waals surface area contributed by atoms with Crippen molar-refractivity contribution in [3.05, 3.63) is 69.9 Å². The van der Waals surface area contributed by atoms with Crippen molar-refractivity contribution in [1.82, 2.24) is 4.90 Å². The van der Waals surface area contributed by atoms with Crippen molar-refractivity contribution in [3.63, 3.8) is 0 Å². The van der Waals surface area contributed by atoms with Gasteiger partial charge in [-0.25, -0.2) is 8.78 Å². The number of piperidine rings is 1. The van der Waals surface area contributed by atoms with Crippen LogP contribution in [0.2, 0.25) is 0 Å². The molecule has 1 unspecified atom stereocenters. The molecule has 150 valence electrons. The third-order valence-electron chi connectivity index (χ3n) is 5.65. The van der Waals surface area contributed by atoms with E-state index in [1.807, 2.05) is 30.3 Å². The van der Waals surface area contributed by atoms with Crippen molar-refractivity contribution in [1.29, 1.82) is 0 Å². The van der Waals surface area contributed by atoms with Crippen LogP contribution in [0.5, 0.6) is 0 Å². The Labute approximate surface area is 166 Å². The summed E-state index contributed by atoms with van der Waals surface area (Å²) >= 11 is 0. The lowest BCUT2D eigenvalue weighted by Crippen LogP contribution is -2.49. The molecule has 0 bridgehead atoms. The van der Waals surface area contributed by atoms with Crippen LogP contribution in [-0.2, 0) is 0 Å². The second-order valence-electron chi connectivity index (χ2n) is 7.61. The SMILES string of the molecule is Cc1c(-c2ccccc2)oc2c(C(=O)N3CCC(C)C(F)(F)C3)cccc2c1=O. The van der Waals surface area contributed by atoms with Gasteiger partial charge >= 0.3 is 0 Å². The Morgan fingerprint density at radius 3 is 2.55 bits per heavy atom. The lowest BCUT2D eigenvalue weighted by molar-refractivity contribution is -0.0957. The van der Waals surface area contributed by atoms with Gasteiger partial charge in [0.05, 0.1) is 17.5 Å². The maximum Gasteiger partial charge on any atom is 0.267 e. The second-order valence-corrected chi connectivity index (χ2v) is 7.61. The van der Waals surface area contributed by atoms with E-state index in [1.165, 1.54) is 13.0 Å². The number of fused-ring (bicyclic) bond motifs is 1. The standard InChI is InChI=1S/C23H21F2NO3/c1-14-11-12-26(13-23(14,24)25)22(28)18-10-6-9-17-19(27)15(2)20(29-21(17)18)16-7-4-3-5-8-16/h3-10,14H,11-13H2,1-2H3. The summed E-state index contributed by atoms with van der Waals surface area (Å²) in [6.45, 7) is 2.78. The monoisotopic (exact) mass is 397 g/mol. The van der Waals surface area contributed by atoms with Gasteiger partial charge in [0.1, 0.15) is 5.76 Å². The predicted molar refractivity (Wildman–Crippen MR) is 107 cm³/mol. The van der Waals surface area contributed by atoms with Gasteiger partial charge < -0.3 is 9.32 Å². The minimum atomic E-state index is -2.94. The first-order valence-corrected chi connectivity index (χ1v) is 9.58. The zero-order chi connectivity index (χ0) is 20.8. The van der Waals surface area contributed by atoms with Gasteiger partial charge in [-0.3, -0.25) is 9.59 Å². The third kappa shape index (κ3) is 3.33. The molecule has 2 aromatic carbocycles. The van der Waals surface area contributed by atoms with Crippen LogP contribution in [0.1, 0.15) is 29.3 Å². The largest absolute Gasteiger partial charge is 0.455 e. The summed E-state index contributed by atoms with van der Waals surface area (Å²) in [6, 6.07) is 13.8. The molecule has 1 aromatic heterocycles. The molecule has 1 amide bonds. The average Bonchev–Trinajstić information content (AvgIpc) is 2.72. The van der Waals surface area contributed by atoms with Crippen molar-refractivity contribution >= 4 is 16.9 Å². The number of amides is 1. The molecular weight excluding hydrogens is 376 g/mol. The highest BCUT2D eigenvalue weighted by Gasteiger charge is 2.43. The molecular formula is C23H21F2NO3. The molecule has 6 heteroatoms.